The summed E-state index contributed by atoms with van der Waals surface area (Å²) in [5, 5.41) is 0. The van der Waals surface area contributed by atoms with Crippen molar-refractivity contribution < 1.29 is 0 Å². The summed E-state index contributed by atoms with van der Waals surface area (Å²) in [7, 11) is 0. The van der Waals surface area contributed by atoms with Gasteiger partial charge < -0.3 is 5.73 Å². The first-order valence-corrected chi connectivity index (χ1v) is 5.56. The third-order valence-electron chi connectivity index (χ3n) is 2.13. The zero-order valence-electron chi connectivity index (χ0n) is 9.72. The topological polar surface area (TPSA) is 26.0 Å². The maximum absolute atomic E-state index is 5.93. The Kier molecular flexibility index (Phi) is 4.81. The van der Waals surface area contributed by atoms with Crippen molar-refractivity contribution in [3.63, 3.8) is 0 Å². The largest absolute Gasteiger partial charge is 0.326 e. The third-order valence-corrected chi connectivity index (χ3v) is 2.31. The second-order valence-corrected chi connectivity index (χ2v) is 6.86. The van der Waals surface area contributed by atoms with Crippen LogP contribution in [0.15, 0.2) is 0 Å². The van der Waals surface area contributed by atoms with Crippen molar-refractivity contribution >= 4 is 12.6 Å². The first kappa shape index (κ1) is 13.3. The van der Waals surface area contributed by atoms with Crippen LogP contribution >= 0.6 is 12.6 Å². The number of nitrogens with two attached hydrogens (primary N) is 1. The number of thiol groups is 1. The van der Waals surface area contributed by atoms with E-state index in [0.717, 1.165) is 18.8 Å². The predicted octanol–water partition coefficient (Wildman–Crippen LogP) is 3.24. The number of hydrogen-bond acceptors (Lipinski definition) is 2. The van der Waals surface area contributed by atoms with E-state index in [-0.39, 0.29) is 10.3 Å². The minimum absolute atomic E-state index is 0.0188. The second-order valence-electron chi connectivity index (χ2n) is 5.65. The SMILES string of the molecule is CC(CCC(C)(C)N)CC(C)(C)S. The van der Waals surface area contributed by atoms with Crippen LogP contribution in [0.25, 0.3) is 0 Å². The van der Waals surface area contributed by atoms with Gasteiger partial charge in [0.15, 0.2) is 0 Å². The zero-order chi connectivity index (χ0) is 10.7. The van der Waals surface area contributed by atoms with Crippen LogP contribution in [-0.4, -0.2) is 10.3 Å². The lowest BCUT2D eigenvalue weighted by molar-refractivity contribution is 0.368. The summed E-state index contributed by atoms with van der Waals surface area (Å²) in [6, 6.07) is 0. The van der Waals surface area contributed by atoms with Crippen molar-refractivity contribution in [2.45, 2.75) is 64.2 Å². The molecule has 0 spiro atoms. The Morgan fingerprint density at radius 2 is 1.69 bits per heavy atom. The molecule has 0 bridgehead atoms. The van der Waals surface area contributed by atoms with Crippen LogP contribution in [0.3, 0.4) is 0 Å². The average molecular weight is 203 g/mol. The van der Waals surface area contributed by atoms with Crippen LogP contribution in [0.5, 0.6) is 0 Å². The molecule has 0 saturated carbocycles. The number of hydrogen-bond donors (Lipinski definition) is 2. The van der Waals surface area contributed by atoms with Gasteiger partial charge in [0.25, 0.3) is 0 Å². The zero-order valence-corrected chi connectivity index (χ0v) is 10.6. The predicted molar refractivity (Wildman–Crippen MR) is 64.3 cm³/mol. The molecule has 0 aliphatic rings. The van der Waals surface area contributed by atoms with Gasteiger partial charge in [-0.3, -0.25) is 0 Å². The van der Waals surface area contributed by atoms with E-state index in [0.29, 0.717) is 0 Å². The smallest absolute Gasteiger partial charge is 0.00971 e. The van der Waals surface area contributed by atoms with Gasteiger partial charge in [0.1, 0.15) is 0 Å². The summed E-state index contributed by atoms with van der Waals surface area (Å²) in [4.78, 5) is 0. The van der Waals surface area contributed by atoms with Gasteiger partial charge in [0.05, 0.1) is 0 Å². The summed E-state index contributed by atoms with van der Waals surface area (Å²) < 4.78 is 0.151. The van der Waals surface area contributed by atoms with Crippen molar-refractivity contribution in [1.29, 1.82) is 0 Å². The van der Waals surface area contributed by atoms with E-state index in [2.05, 4.69) is 47.2 Å². The lowest BCUT2D eigenvalue weighted by Gasteiger charge is -2.25. The van der Waals surface area contributed by atoms with Crippen LogP contribution in [0, 0.1) is 5.92 Å². The minimum Gasteiger partial charge on any atom is -0.326 e. The fourth-order valence-electron chi connectivity index (χ4n) is 1.57. The average Bonchev–Trinajstić information content (AvgIpc) is 1.78. The summed E-state index contributed by atoms with van der Waals surface area (Å²) in [5.41, 5.74) is 5.91. The maximum Gasteiger partial charge on any atom is 0.00971 e. The van der Waals surface area contributed by atoms with Crippen molar-refractivity contribution in [2.75, 3.05) is 0 Å². The Morgan fingerprint density at radius 1 is 1.23 bits per heavy atom. The van der Waals surface area contributed by atoms with E-state index in [4.69, 9.17) is 5.73 Å². The molecule has 0 saturated heterocycles. The van der Waals surface area contributed by atoms with E-state index in [1.807, 2.05) is 0 Å². The van der Waals surface area contributed by atoms with E-state index in [9.17, 15) is 0 Å². The first-order chi connectivity index (χ1) is 5.60. The number of rotatable bonds is 5. The van der Waals surface area contributed by atoms with Crippen LogP contribution in [0.4, 0.5) is 0 Å². The normalized spacial score (nSPS) is 15.9. The molecule has 0 heterocycles. The molecule has 0 amide bonds. The molecule has 2 N–H and O–H groups in total. The second kappa shape index (κ2) is 4.70. The van der Waals surface area contributed by atoms with Gasteiger partial charge in [-0.1, -0.05) is 20.8 Å². The lowest BCUT2D eigenvalue weighted by Crippen LogP contribution is -2.32. The summed E-state index contributed by atoms with van der Waals surface area (Å²) in [6.45, 7) is 10.8. The van der Waals surface area contributed by atoms with Crippen molar-refractivity contribution in [3.8, 4) is 0 Å². The van der Waals surface area contributed by atoms with Gasteiger partial charge in [-0.05, 0) is 39.0 Å². The van der Waals surface area contributed by atoms with Gasteiger partial charge >= 0.3 is 0 Å². The molecule has 0 aliphatic heterocycles. The van der Waals surface area contributed by atoms with Gasteiger partial charge in [0, 0.05) is 10.3 Å². The molecule has 0 fully saturated rings. The summed E-state index contributed by atoms with van der Waals surface area (Å²) >= 11 is 4.53. The fourth-order valence-corrected chi connectivity index (χ4v) is 1.88. The minimum atomic E-state index is -0.0188. The molecule has 0 aromatic carbocycles. The van der Waals surface area contributed by atoms with Crippen LogP contribution in [0.1, 0.15) is 53.9 Å². The van der Waals surface area contributed by atoms with Gasteiger partial charge in [-0.2, -0.15) is 12.6 Å². The molecule has 0 aromatic heterocycles. The lowest BCUT2D eigenvalue weighted by atomic mass is 9.89. The van der Waals surface area contributed by atoms with Crippen LogP contribution < -0.4 is 5.73 Å². The summed E-state index contributed by atoms with van der Waals surface area (Å²) in [6.07, 6.45) is 3.46. The van der Waals surface area contributed by atoms with Gasteiger partial charge in [-0.15, -0.1) is 0 Å². The van der Waals surface area contributed by atoms with Gasteiger partial charge in [0.2, 0.25) is 0 Å². The molecule has 2 heteroatoms. The highest BCUT2D eigenvalue weighted by Gasteiger charge is 2.18. The fraction of sp³-hybridized carbons (Fsp3) is 1.00. The highest BCUT2D eigenvalue weighted by molar-refractivity contribution is 7.81. The Bertz CT molecular complexity index is 141. The molecule has 1 atom stereocenters. The summed E-state index contributed by atoms with van der Waals surface area (Å²) in [5.74, 6) is 0.718. The molecule has 80 valence electrons. The van der Waals surface area contributed by atoms with E-state index in [1.165, 1.54) is 6.42 Å². The highest BCUT2D eigenvalue weighted by atomic mass is 32.1. The standard InChI is InChI=1S/C11H25NS/c1-9(8-11(4,5)13)6-7-10(2,3)12/h9,13H,6-8,12H2,1-5H3. The first-order valence-electron chi connectivity index (χ1n) is 5.11. The quantitative estimate of drug-likeness (QED) is 0.659. The van der Waals surface area contributed by atoms with Crippen LogP contribution in [-0.2, 0) is 0 Å². The molecule has 13 heavy (non-hydrogen) atoms. The molecule has 0 rings (SSSR count). The molecular formula is C11H25NS. The van der Waals surface area contributed by atoms with E-state index in [1.54, 1.807) is 0 Å². The van der Waals surface area contributed by atoms with Crippen molar-refractivity contribution in [3.05, 3.63) is 0 Å². The molecule has 1 unspecified atom stereocenters. The maximum atomic E-state index is 5.93. The molecular weight excluding hydrogens is 178 g/mol. The Hall–Kier alpha value is 0.310. The van der Waals surface area contributed by atoms with Crippen molar-refractivity contribution in [1.82, 2.24) is 0 Å². The Balaban J connectivity index is 3.70. The van der Waals surface area contributed by atoms with Crippen molar-refractivity contribution in [2.24, 2.45) is 11.7 Å². The van der Waals surface area contributed by atoms with E-state index < -0.39 is 0 Å². The molecule has 0 radical (unpaired) electrons. The van der Waals surface area contributed by atoms with E-state index >= 15 is 0 Å². The molecule has 0 aromatic rings. The highest BCUT2D eigenvalue weighted by Crippen LogP contribution is 2.26. The third kappa shape index (κ3) is 10.2. The Labute approximate surface area is 88.9 Å². The molecule has 1 nitrogen and oxygen atoms in total. The van der Waals surface area contributed by atoms with Gasteiger partial charge in [-0.25, -0.2) is 0 Å². The Morgan fingerprint density at radius 3 is 2.00 bits per heavy atom. The monoisotopic (exact) mass is 203 g/mol. The van der Waals surface area contributed by atoms with Crippen LogP contribution in [0.2, 0.25) is 0 Å². The molecule has 0 aliphatic carbocycles.